The van der Waals surface area contributed by atoms with Crippen LogP contribution in [0.2, 0.25) is 0 Å². The first-order chi connectivity index (χ1) is 13.0. The number of hydrogen-bond acceptors (Lipinski definition) is 3. The summed E-state index contributed by atoms with van der Waals surface area (Å²) in [5.41, 5.74) is 2.58. The Bertz CT molecular complexity index is 1090. The van der Waals surface area contributed by atoms with Crippen LogP contribution < -0.4 is 10.5 Å². The Morgan fingerprint density at radius 1 is 1.26 bits per heavy atom. The maximum Gasteiger partial charge on any atom is 0.261 e. The first-order valence-corrected chi connectivity index (χ1v) is 9.08. The molecule has 1 aromatic heterocycles. The highest BCUT2D eigenvalue weighted by atomic mass is 19.1. The molecule has 3 aromatic rings. The summed E-state index contributed by atoms with van der Waals surface area (Å²) in [6, 6.07) is 10.5. The van der Waals surface area contributed by atoms with Crippen molar-refractivity contribution < 1.29 is 9.18 Å². The molecule has 0 unspecified atom stereocenters. The summed E-state index contributed by atoms with van der Waals surface area (Å²) in [6.45, 7) is 2.56. The van der Waals surface area contributed by atoms with Crippen molar-refractivity contribution in [3.63, 3.8) is 0 Å². The molecule has 0 fully saturated rings. The first-order valence-electron chi connectivity index (χ1n) is 9.08. The summed E-state index contributed by atoms with van der Waals surface area (Å²) in [4.78, 5) is 31.1. The molecule has 0 saturated carbocycles. The molecule has 0 aliphatic carbocycles. The van der Waals surface area contributed by atoms with E-state index < -0.39 is 0 Å². The standard InChI is InChI=1S/C21H20FN3O2/c1-14-11-15-5-4-9-25(20(15)17(22)12-14)19(26)8-10-24-13-23-18-7-3-2-6-16(18)21(24)27/h2-3,6-7,11-13H,4-5,8-10H2,1H3. The summed E-state index contributed by atoms with van der Waals surface area (Å²) < 4.78 is 15.9. The molecule has 1 aliphatic rings. The van der Waals surface area contributed by atoms with E-state index in [-0.39, 0.29) is 30.2 Å². The zero-order valence-electron chi connectivity index (χ0n) is 15.1. The van der Waals surface area contributed by atoms with E-state index in [1.807, 2.05) is 19.1 Å². The molecule has 1 aliphatic heterocycles. The van der Waals surface area contributed by atoms with Gasteiger partial charge in [0.2, 0.25) is 5.91 Å². The van der Waals surface area contributed by atoms with E-state index in [2.05, 4.69) is 4.98 Å². The smallest absolute Gasteiger partial charge is 0.261 e. The van der Waals surface area contributed by atoms with Gasteiger partial charge in [0.15, 0.2) is 0 Å². The molecular formula is C21H20FN3O2. The van der Waals surface area contributed by atoms with Gasteiger partial charge in [-0.1, -0.05) is 18.2 Å². The zero-order valence-corrected chi connectivity index (χ0v) is 15.1. The minimum absolute atomic E-state index is 0.118. The van der Waals surface area contributed by atoms with Crippen molar-refractivity contribution in [3.8, 4) is 0 Å². The quantitative estimate of drug-likeness (QED) is 0.716. The second-order valence-electron chi connectivity index (χ2n) is 6.91. The number of aromatic nitrogens is 2. The van der Waals surface area contributed by atoms with E-state index in [4.69, 9.17) is 0 Å². The Labute approximate surface area is 156 Å². The zero-order chi connectivity index (χ0) is 19.0. The van der Waals surface area contributed by atoms with Crippen LogP contribution in [0.5, 0.6) is 0 Å². The lowest BCUT2D eigenvalue weighted by Gasteiger charge is -2.30. The third-order valence-corrected chi connectivity index (χ3v) is 4.98. The monoisotopic (exact) mass is 365 g/mol. The largest absolute Gasteiger partial charge is 0.309 e. The molecule has 0 atom stereocenters. The van der Waals surface area contributed by atoms with Crippen molar-refractivity contribution in [1.82, 2.24) is 9.55 Å². The van der Waals surface area contributed by atoms with Crippen LogP contribution in [0.1, 0.15) is 24.0 Å². The maximum atomic E-state index is 14.5. The molecular weight excluding hydrogens is 345 g/mol. The number of carbonyl (C=O) groups is 1. The molecule has 0 radical (unpaired) electrons. The van der Waals surface area contributed by atoms with Crippen LogP contribution in [0.3, 0.4) is 0 Å². The minimum Gasteiger partial charge on any atom is -0.309 e. The fourth-order valence-electron chi connectivity index (χ4n) is 3.70. The number of fused-ring (bicyclic) bond motifs is 2. The van der Waals surface area contributed by atoms with Crippen molar-refractivity contribution >= 4 is 22.5 Å². The average molecular weight is 365 g/mol. The van der Waals surface area contributed by atoms with Crippen molar-refractivity contribution in [2.75, 3.05) is 11.4 Å². The maximum absolute atomic E-state index is 14.5. The number of aryl methyl sites for hydroxylation is 3. The third kappa shape index (κ3) is 3.23. The Kier molecular flexibility index (Phi) is 4.48. The fraction of sp³-hybridized carbons (Fsp3) is 0.286. The molecule has 0 spiro atoms. The lowest BCUT2D eigenvalue weighted by molar-refractivity contribution is -0.119. The molecule has 6 heteroatoms. The lowest BCUT2D eigenvalue weighted by Crippen LogP contribution is -2.37. The molecule has 0 N–H and O–H groups in total. The van der Waals surface area contributed by atoms with Gasteiger partial charge in [0.05, 0.1) is 22.9 Å². The van der Waals surface area contributed by atoms with Crippen LogP contribution in [0.15, 0.2) is 47.5 Å². The molecule has 2 aromatic carbocycles. The number of benzene rings is 2. The van der Waals surface area contributed by atoms with Crippen LogP contribution in [0, 0.1) is 12.7 Å². The third-order valence-electron chi connectivity index (χ3n) is 4.98. The number of hydrogen-bond donors (Lipinski definition) is 0. The first kappa shape index (κ1) is 17.4. The molecule has 2 heterocycles. The van der Waals surface area contributed by atoms with Gasteiger partial charge < -0.3 is 4.90 Å². The van der Waals surface area contributed by atoms with Gasteiger partial charge in [-0.25, -0.2) is 9.37 Å². The highest BCUT2D eigenvalue weighted by Gasteiger charge is 2.26. The van der Waals surface area contributed by atoms with E-state index in [1.165, 1.54) is 21.9 Å². The number of amides is 1. The summed E-state index contributed by atoms with van der Waals surface area (Å²) >= 11 is 0. The highest BCUT2D eigenvalue weighted by Crippen LogP contribution is 2.31. The Balaban J connectivity index is 1.56. The Morgan fingerprint density at radius 2 is 2.07 bits per heavy atom. The van der Waals surface area contributed by atoms with Crippen LogP contribution in [-0.2, 0) is 17.8 Å². The molecule has 4 rings (SSSR count). The molecule has 5 nitrogen and oxygen atoms in total. The van der Waals surface area contributed by atoms with Gasteiger partial charge in [-0.3, -0.25) is 14.2 Å². The number of nitrogens with zero attached hydrogens (tertiary/aromatic N) is 3. The second kappa shape index (κ2) is 6.95. The summed E-state index contributed by atoms with van der Waals surface area (Å²) in [5.74, 6) is -0.540. The summed E-state index contributed by atoms with van der Waals surface area (Å²) in [6.07, 6.45) is 3.16. The van der Waals surface area contributed by atoms with Crippen LogP contribution in [-0.4, -0.2) is 22.0 Å². The van der Waals surface area contributed by atoms with Crippen LogP contribution in [0.4, 0.5) is 10.1 Å². The normalized spacial score (nSPS) is 13.6. The van der Waals surface area contributed by atoms with Crippen molar-refractivity contribution in [2.45, 2.75) is 32.7 Å². The van der Waals surface area contributed by atoms with Crippen LogP contribution >= 0.6 is 0 Å². The average Bonchev–Trinajstić information content (AvgIpc) is 2.66. The molecule has 27 heavy (non-hydrogen) atoms. The number of halogens is 1. The number of rotatable bonds is 3. The SMILES string of the molecule is Cc1cc(F)c2c(c1)CCCN2C(=O)CCn1cnc2ccccc2c1=O. The Morgan fingerprint density at radius 3 is 2.93 bits per heavy atom. The number of para-hydroxylation sites is 1. The van der Waals surface area contributed by atoms with Gasteiger partial charge in [0.1, 0.15) is 5.82 Å². The fourth-order valence-corrected chi connectivity index (χ4v) is 3.70. The van der Waals surface area contributed by atoms with E-state index in [9.17, 15) is 14.0 Å². The van der Waals surface area contributed by atoms with Gasteiger partial charge in [0.25, 0.3) is 5.56 Å². The summed E-state index contributed by atoms with van der Waals surface area (Å²) in [5, 5.41) is 0.525. The predicted octanol–water partition coefficient (Wildman–Crippen LogP) is 3.21. The molecule has 1 amide bonds. The van der Waals surface area contributed by atoms with Crippen LogP contribution in [0.25, 0.3) is 10.9 Å². The van der Waals surface area contributed by atoms with Crippen molar-refractivity contribution in [3.05, 3.63) is 70.0 Å². The predicted molar refractivity (Wildman–Crippen MR) is 102 cm³/mol. The Hall–Kier alpha value is -3.02. The van der Waals surface area contributed by atoms with E-state index in [1.54, 1.807) is 18.2 Å². The van der Waals surface area contributed by atoms with Gasteiger partial charge in [-0.15, -0.1) is 0 Å². The van der Waals surface area contributed by atoms with E-state index in [0.29, 0.717) is 23.1 Å². The van der Waals surface area contributed by atoms with E-state index >= 15 is 0 Å². The number of anilines is 1. The lowest BCUT2D eigenvalue weighted by atomic mass is 9.98. The molecule has 0 bridgehead atoms. The second-order valence-corrected chi connectivity index (χ2v) is 6.91. The number of carbonyl (C=O) groups excluding carboxylic acids is 1. The highest BCUT2D eigenvalue weighted by molar-refractivity contribution is 5.94. The molecule has 138 valence electrons. The minimum atomic E-state index is -0.359. The van der Waals surface area contributed by atoms with E-state index in [0.717, 1.165) is 24.0 Å². The van der Waals surface area contributed by atoms with Gasteiger partial charge >= 0.3 is 0 Å². The summed E-state index contributed by atoms with van der Waals surface area (Å²) in [7, 11) is 0. The van der Waals surface area contributed by atoms with Gasteiger partial charge in [0, 0.05) is 19.5 Å². The van der Waals surface area contributed by atoms with Gasteiger partial charge in [-0.05, 0) is 49.1 Å². The van der Waals surface area contributed by atoms with Gasteiger partial charge in [-0.2, -0.15) is 0 Å². The topological polar surface area (TPSA) is 55.2 Å². The van der Waals surface area contributed by atoms with Crippen molar-refractivity contribution in [1.29, 1.82) is 0 Å². The molecule has 0 saturated heterocycles. The van der Waals surface area contributed by atoms with Crippen molar-refractivity contribution in [2.24, 2.45) is 0 Å².